The van der Waals surface area contributed by atoms with E-state index in [4.69, 9.17) is 0 Å². The highest BCUT2D eigenvalue weighted by Crippen LogP contribution is 2.26. The maximum atomic E-state index is 12.8. The monoisotopic (exact) mass is 324 g/mol. The van der Waals surface area contributed by atoms with E-state index in [0.717, 1.165) is 12.1 Å². The quantitative estimate of drug-likeness (QED) is 0.923. The van der Waals surface area contributed by atoms with Crippen LogP contribution >= 0.6 is 0 Å². The number of benzene rings is 1. The lowest BCUT2D eigenvalue weighted by atomic mass is 10.1. The zero-order valence-electron chi connectivity index (χ0n) is 14.4. The van der Waals surface area contributed by atoms with Crippen molar-refractivity contribution >= 4 is 11.7 Å². The van der Waals surface area contributed by atoms with Crippen LogP contribution in [0.25, 0.3) is 0 Å². The fourth-order valence-corrected chi connectivity index (χ4v) is 3.21. The molecular weight excluding hydrogens is 300 g/mol. The zero-order valence-corrected chi connectivity index (χ0v) is 14.4. The Balaban J connectivity index is 1.77. The van der Waals surface area contributed by atoms with Gasteiger partial charge in [-0.1, -0.05) is 24.3 Å². The van der Waals surface area contributed by atoms with E-state index < -0.39 is 0 Å². The minimum Gasteiger partial charge on any atom is -0.372 e. The van der Waals surface area contributed by atoms with E-state index in [0.29, 0.717) is 6.54 Å². The molecule has 0 bridgehead atoms. The van der Waals surface area contributed by atoms with Crippen LogP contribution in [0.2, 0.25) is 0 Å². The van der Waals surface area contributed by atoms with Crippen LogP contribution in [0, 0.1) is 0 Å². The summed E-state index contributed by atoms with van der Waals surface area (Å²) >= 11 is 0. The summed E-state index contributed by atoms with van der Waals surface area (Å²) in [6, 6.07) is 12.2. The molecule has 5 nitrogen and oxygen atoms in total. The van der Waals surface area contributed by atoms with Gasteiger partial charge in [-0.25, -0.2) is 4.79 Å². The average molecular weight is 324 g/mol. The van der Waals surface area contributed by atoms with Crippen LogP contribution in [0.3, 0.4) is 0 Å². The first-order chi connectivity index (χ1) is 11.6. The molecule has 1 aromatic carbocycles. The molecule has 0 saturated carbocycles. The number of anilines is 1. The molecule has 1 aromatic heterocycles. The average Bonchev–Trinajstić information content (AvgIpc) is 2.72. The number of carbonyl (C=O) groups excluding carboxylic acids is 1. The maximum Gasteiger partial charge on any atom is 0.318 e. The molecule has 0 fully saturated rings. The standard InChI is InChI=1S/C19H24N4O/c1-14-12-22(3)18-9-5-4-7-17(18)13-23(14)19(24)21-15(2)16-8-6-10-20-11-16/h4-11,14-15H,12-13H2,1-3H3,(H,21,24). The highest BCUT2D eigenvalue weighted by Gasteiger charge is 2.27. The molecule has 2 heterocycles. The van der Waals surface area contributed by atoms with Gasteiger partial charge in [0.2, 0.25) is 0 Å². The van der Waals surface area contributed by atoms with Crippen molar-refractivity contribution in [3.05, 3.63) is 59.9 Å². The number of fused-ring (bicyclic) bond motifs is 1. The predicted octanol–water partition coefficient (Wildman–Crippen LogP) is 3.19. The zero-order chi connectivity index (χ0) is 17.1. The van der Waals surface area contributed by atoms with Crippen LogP contribution in [0.1, 0.15) is 31.0 Å². The summed E-state index contributed by atoms with van der Waals surface area (Å²) < 4.78 is 0. The van der Waals surface area contributed by atoms with Gasteiger partial charge in [0.25, 0.3) is 0 Å². The first-order valence-corrected chi connectivity index (χ1v) is 8.32. The van der Waals surface area contributed by atoms with Gasteiger partial charge in [0.1, 0.15) is 0 Å². The highest BCUT2D eigenvalue weighted by atomic mass is 16.2. The third kappa shape index (κ3) is 3.35. The van der Waals surface area contributed by atoms with Gasteiger partial charge in [-0.2, -0.15) is 0 Å². The number of urea groups is 1. The van der Waals surface area contributed by atoms with E-state index >= 15 is 0 Å². The Hall–Kier alpha value is -2.56. The largest absolute Gasteiger partial charge is 0.372 e. The van der Waals surface area contributed by atoms with Crippen molar-refractivity contribution in [3.63, 3.8) is 0 Å². The molecule has 0 saturated heterocycles. The number of nitrogens with zero attached hydrogens (tertiary/aromatic N) is 3. The van der Waals surface area contributed by atoms with Crippen LogP contribution in [0.15, 0.2) is 48.8 Å². The Morgan fingerprint density at radius 3 is 2.83 bits per heavy atom. The number of nitrogens with one attached hydrogen (secondary N) is 1. The smallest absolute Gasteiger partial charge is 0.318 e. The van der Waals surface area contributed by atoms with Gasteiger partial charge < -0.3 is 15.1 Å². The number of hydrogen-bond acceptors (Lipinski definition) is 3. The number of amides is 2. The molecule has 0 radical (unpaired) electrons. The molecule has 1 aliphatic heterocycles. The maximum absolute atomic E-state index is 12.8. The van der Waals surface area contributed by atoms with Gasteiger partial charge in [-0.3, -0.25) is 4.98 Å². The molecule has 24 heavy (non-hydrogen) atoms. The summed E-state index contributed by atoms with van der Waals surface area (Å²) in [5.41, 5.74) is 3.37. The van der Waals surface area contributed by atoms with Crippen molar-refractivity contribution < 1.29 is 4.79 Å². The normalized spacial score (nSPS) is 18.5. The molecule has 1 N–H and O–H groups in total. The van der Waals surface area contributed by atoms with Crippen molar-refractivity contribution in [1.29, 1.82) is 0 Å². The highest BCUT2D eigenvalue weighted by molar-refractivity contribution is 5.76. The molecule has 2 unspecified atom stereocenters. The second-order valence-corrected chi connectivity index (χ2v) is 6.44. The number of aromatic nitrogens is 1. The Kier molecular flexibility index (Phi) is 4.69. The van der Waals surface area contributed by atoms with Crippen LogP contribution < -0.4 is 10.2 Å². The topological polar surface area (TPSA) is 48.5 Å². The molecule has 2 amide bonds. The number of rotatable bonds is 2. The van der Waals surface area contributed by atoms with Gasteiger partial charge in [0.15, 0.2) is 0 Å². The molecule has 126 valence electrons. The van der Waals surface area contributed by atoms with Crippen LogP contribution in [0.5, 0.6) is 0 Å². The van der Waals surface area contributed by atoms with E-state index in [-0.39, 0.29) is 18.1 Å². The lowest BCUT2D eigenvalue weighted by Crippen LogP contribution is -2.47. The van der Waals surface area contributed by atoms with Crippen LogP contribution in [0.4, 0.5) is 10.5 Å². The summed E-state index contributed by atoms with van der Waals surface area (Å²) in [4.78, 5) is 21.1. The summed E-state index contributed by atoms with van der Waals surface area (Å²) in [5, 5.41) is 3.10. The number of pyridine rings is 1. The first-order valence-electron chi connectivity index (χ1n) is 8.32. The summed E-state index contributed by atoms with van der Waals surface area (Å²) in [6.07, 6.45) is 3.53. The first kappa shape index (κ1) is 16.3. The van der Waals surface area contributed by atoms with Crippen molar-refractivity contribution in [2.24, 2.45) is 0 Å². The Morgan fingerprint density at radius 2 is 2.08 bits per heavy atom. The van der Waals surface area contributed by atoms with Crippen molar-refractivity contribution in [1.82, 2.24) is 15.2 Å². The Labute approximate surface area is 143 Å². The lowest BCUT2D eigenvalue weighted by Gasteiger charge is -2.30. The van der Waals surface area contributed by atoms with E-state index in [1.54, 1.807) is 12.4 Å². The SMILES string of the molecule is CC(NC(=O)N1Cc2ccccc2N(C)CC1C)c1cccnc1. The lowest BCUT2D eigenvalue weighted by molar-refractivity contribution is 0.175. The molecule has 3 rings (SSSR count). The third-order valence-electron chi connectivity index (χ3n) is 4.60. The molecular formula is C19H24N4O. The number of likely N-dealkylation sites (N-methyl/N-ethyl adjacent to an activating group) is 1. The summed E-state index contributed by atoms with van der Waals surface area (Å²) in [5.74, 6) is 0. The van der Waals surface area contributed by atoms with E-state index in [1.807, 2.05) is 36.1 Å². The number of hydrogen-bond donors (Lipinski definition) is 1. The fourth-order valence-electron chi connectivity index (χ4n) is 3.21. The van der Waals surface area contributed by atoms with Crippen molar-refractivity contribution in [3.8, 4) is 0 Å². The minimum absolute atomic E-state index is 0.0380. The summed E-state index contributed by atoms with van der Waals surface area (Å²) in [7, 11) is 2.08. The molecule has 0 spiro atoms. The van der Waals surface area contributed by atoms with Gasteiger partial charge in [0.05, 0.1) is 6.04 Å². The summed E-state index contributed by atoms with van der Waals surface area (Å²) in [6.45, 7) is 5.51. The Bertz CT molecular complexity index is 704. The Morgan fingerprint density at radius 1 is 1.29 bits per heavy atom. The number of carbonyl (C=O) groups is 1. The van der Waals surface area contributed by atoms with E-state index in [9.17, 15) is 4.79 Å². The molecule has 2 atom stereocenters. The van der Waals surface area contributed by atoms with Crippen molar-refractivity contribution in [2.75, 3.05) is 18.5 Å². The van der Waals surface area contributed by atoms with Crippen molar-refractivity contribution in [2.45, 2.75) is 32.5 Å². The predicted molar refractivity (Wildman–Crippen MR) is 95.9 cm³/mol. The molecule has 0 aliphatic carbocycles. The minimum atomic E-state index is -0.0744. The van der Waals surface area contributed by atoms with Crippen LogP contribution in [-0.4, -0.2) is 35.5 Å². The van der Waals surface area contributed by atoms with Gasteiger partial charge in [-0.05, 0) is 37.1 Å². The number of para-hydroxylation sites is 1. The van der Waals surface area contributed by atoms with E-state index in [2.05, 4.69) is 41.3 Å². The van der Waals surface area contributed by atoms with Gasteiger partial charge >= 0.3 is 6.03 Å². The third-order valence-corrected chi connectivity index (χ3v) is 4.60. The van der Waals surface area contributed by atoms with Gasteiger partial charge in [-0.15, -0.1) is 0 Å². The fraction of sp³-hybridized carbons (Fsp3) is 0.368. The molecule has 2 aromatic rings. The van der Waals surface area contributed by atoms with Crippen LogP contribution in [-0.2, 0) is 6.54 Å². The second-order valence-electron chi connectivity index (χ2n) is 6.44. The molecule has 1 aliphatic rings. The molecule has 5 heteroatoms. The van der Waals surface area contributed by atoms with E-state index in [1.165, 1.54) is 11.3 Å². The van der Waals surface area contributed by atoms with Gasteiger partial charge in [0, 0.05) is 44.3 Å². The second kappa shape index (κ2) is 6.91.